The third-order valence-corrected chi connectivity index (χ3v) is 7.35. The molecule has 2 amide bonds. The van der Waals surface area contributed by atoms with Crippen molar-refractivity contribution in [3.05, 3.63) is 87.9 Å². The maximum Gasteiger partial charge on any atom is 0.338 e. The van der Waals surface area contributed by atoms with Gasteiger partial charge in [0, 0.05) is 22.3 Å². The minimum Gasteiger partial charge on any atom is -0.497 e. The molecule has 1 aliphatic heterocycles. The first-order valence-electron chi connectivity index (χ1n) is 12.5. The van der Waals surface area contributed by atoms with Crippen LogP contribution in [0, 0.1) is 0 Å². The molecule has 0 saturated carbocycles. The highest BCUT2D eigenvalue weighted by atomic mass is 35.5. The largest absolute Gasteiger partial charge is 0.497 e. The number of hydrogen-bond acceptors (Lipinski definition) is 6. The van der Waals surface area contributed by atoms with Crippen molar-refractivity contribution in [3.63, 3.8) is 0 Å². The minimum atomic E-state index is -0.834. The van der Waals surface area contributed by atoms with Crippen LogP contribution in [0.15, 0.2) is 66.7 Å². The third-order valence-electron chi connectivity index (χ3n) is 6.34. The van der Waals surface area contributed by atoms with E-state index in [1.54, 1.807) is 79.6 Å². The molecule has 0 unspecified atom stereocenters. The number of hydrogen-bond donors (Lipinski definition) is 1. The van der Waals surface area contributed by atoms with Crippen molar-refractivity contribution in [2.45, 2.75) is 25.8 Å². The van der Waals surface area contributed by atoms with Crippen LogP contribution in [0.2, 0.25) is 10.0 Å². The van der Waals surface area contributed by atoms with Crippen molar-refractivity contribution in [3.8, 4) is 5.75 Å². The van der Waals surface area contributed by atoms with E-state index in [1.165, 1.54) is 4.90 Å². The molecule has 1 heterocycles. The van der Waals surface area contributed by atoms with Crippen LogP contribution in [-0.4, -0.2) is 54.1 Å². The average Bonchev–Trinajstić information content (AvgIpc) is 3.16. The SMILES string of the molecule is CCOC(=O)c1ccc(NC(=O)C[C@@H]2C(=O)N(c3ccc(OC)cc3)C(=S)N2CCc2ccc(Cl)cc2Cl)cc1. The zero-order chi connectivity index (χ0) is 28.8. The van der Waals surface area contributed by atoms with E-state index < -0.39 is 12.0 Å². The summed E-state index contributed by atoms with van der Waals surface area (Å²) in [5.74, 6) is -0.498. The Morgan fingerprint density at radius 1 is 1.02 bits per heavy atom. The van der Waals surface area contributed by atoms with E-state index in [2.05, 4.69) is 5.32 Å². The van der Waals surface area contributed by atoms with Gasteiger partial charge in [0.05, 0.1) is 31.4 Å². The number of benzene rings is 3. The molecule has 3 aromatic rings. The second-order valence-corrected chi connectivity index (χ2v) is 10.1. The first-order valence-corrected chi connectivity index (χ1v) is 13.7. The number of halogens is 2. The van der Waals surface area contributed by atoms with Crippen LogP contribution in [-0.2, 0) is 20.7 Å². The number of amides is 2. The Bertz CT molecular complexity index is 1420. The van der Waals surface area contributed by atoms with Gasteiger partial charge in [-0.2, -0.15) is 0 Å². The van der Waals surface area contributed by atoms with Crippen LogP contribution < -0.4 is 15.0 Å². The molecule has 0 radical (unpaired) electrons. The summed E-state index contributed by atoms with van der Waals surface area (Å²) >= 11 is 18.2. The van der Waals surface area contributed by atoms with Gasteiger partial charge < -0.3 is 19.7 Å². The van der Waals surface area contributed by atoms with Crippen LogP contribution in [0.5, 0.6) is 5.75 Å². The molecule has 208 valence electrons. The third kappa shape index (κ3) is 6.72. The van der Waals surface area contributed by atoms with Gasteiger partial charge in [0.1, 0.15) is 11.8 Å². The van der Waals surface area contributed by atoms with Gasteiger partial charge in [0.15, 0.2) is 5.11 Å². The Labute approximate surface area is 247 Å². The highest BCUT2D eigenvalue weighted by molar-refractivity contribution is 7.80. The summed E-state index contributed by atoms with van der Waals surface area (Å²) in [6, 6.07) is 17.7. The maximum absolute atomic E-state index is 13.7. The van der Waals surface area contributed by atoms with Gasteiger partial charge in [0.25, 0.3) is 5.91 Å². The summed E-state index contributed by atoms with van der Waals surface area (Å²) in [6.45, 7) is 2.35. The predicted octanol–water partition coefficient (Wildman–Crippen LogP) is 5.75. The lowest BCUT2D eigenvalue weighted by Gasteiger charge is -2.24. The highest BCUT2D eigenvalue weighted by Crippen LogP contribution is 2.30. The number of thiocarbonyl (C=S) groups is 1. The molecule has 4 rings (SSSR count). The smallest absolute Gasteiger partial charge is 0.338 e. The Balaban J connectivity index is 1.53. The number of methoxy groups -OCH3 is 1. The molecule has 1 atom stereocenters. The lowest BCUT2D eigenvalue weighted by Crippen LogP contribution is -2.39. The summed E-state index contributed by atoms with van der Waals surface area (Å²) in [4.78, 5) is 41.8. The number of carbonyl (C=O) groups excluding carboxylic acids is 3. The Kier molecular flexibility index (Phi) is 9.63. The number of nitrogens with zero attached hydrogens (tertiary/aromatic N) is 2. The van der Waals surface area contributed by atoms with Crippen molar-refractivity contribution in [2.24, 2.45) is 0 Å². The molecule has 40 heavy (non-hydrogen) atoms. The van der Waals surface area contributed by atoms with Gasteiger partial charge in [-0.3, -0.25) is 14.5 Å². The van der Waals surface area contributed by atoms with Gasteiger partial charge >= 0.3 is 5.97 Å². The molecular formula is C29H27Cl2N3O5S. The maximum atomic E-state index is 13.7. The second kappa shape index (κ2) is 13.1. The lowest BCUT2D eigenvalue weighted by molar-refractivity contribution is -0.124. The van der Waals surface area contributed by atoms with Crippen molar-refractivity contribution in [1.82, 2.24) is 4.90 Å². The fraction of sp³-hybridized carbons (Fsp3) is 0.241. The Morgan fingerprint density at radius 3 is 2.35 bits per heavy atom. The van der Waals surface area contributed by atoms with Gasteiger partial charge in [-0.05, 0) is 91.8 Å². The summed E-state index contributed by atoms with van der Waals surface area (Å²) < 4.78 is 10.2. The van der Waals surface area contributed by atoms with Crippen LogP contribution in [0.4, 0.5) is 11.4 Å². The molecule has 1 aliphatic rings. The number of anilines is 2. The molecule has 8 nitrogen and oxygen atoms in total. The molecule has 0 spiro atoms. The first-order chi connectivity index (χ1) is 19.2. The van der Waals surface area contributed by atoms with Gasteiger partial charge in [-0.25, -0.2) is 4.79 Å². The van der Waals surface area contributed by atoms with Crippen LogP contribution >= 0.6 is 35.4 Å². The van der Waals surface area contributed by atoms with Crippen LogP contribution in [0.25, 0.3) is 0 Å². The Hall–Kier alpha value is -3.66. The van der Waals surface area contributed by atoms with E-state index in [0.717, 1.165) is 5.56 Å². The average molecular weight is 601 g/mol. The molecule has 0 aliphatic carbocycles. The molecule has 1 N–H and O–H groups in total. The van der Waals surface area contributed by atoms with Crippen molar-refractivity contribution in [2.75, 3.05) is 30.5 Å². The summed E-state index contributed by atoms with van der Waals surface area (Å²) in [6.07, 6.45) is 0.340. The van der Waals surface area contributed by atoms with Gasteiger partial charge in [-0.1, -0.05) is 29.3 Å². The Morgan fingerprint density at radius 2 is 1.73 bits per heavy atom. The number of esters is 1. The van der Waals surface area contributed by atoms with E-state index in [9.17, 15) is 14.4 Å². The summed E-state index contributed by atoms with van der Waals surface area (Å²) in [7, 11) is 1.56. The number of carbonyl (C=O) groups is 3. The normalized spacial score (nSPS) is 14.8. The zero-order valence-corrected chi connectivity index (χ0v) is 24.2. The van der Waals surface area contributed by atoms with Crippen LogP contribution in [0.1, 0.15) is 29.3 Å². The fourth-order valence-electron chi connectivity index (χ4n) is 4.31. The quantitative estimate of drug-likeness (QED) is 0.234. The monoisotopic (exact) mass is 599 g/mol. The summed E-state index contributed by atoms with van der Waals surface area (Å²) in [5.41, 5.74) is 2.27. The first kappa shape index (κ1) is 29.3. The molecule has 0 aromatic heterocycles. The number of nitrogens with one attached hydrogen (secondary N) is 1. The second-order valence-electron chi connectivity index (χ2n) is 8.90. The zero-order valence-electron chi connectivity index (χ0n) is 21.9. The van der Waals surface area contributed by atoms with Crippen LogP contribution in [0.3, 0.4) is 0 Å². The molecular weight excluding hydrogens is 573 g/mol. The number of ether oxygens (including phenoxy) is 2. The van der Waals surface area contributed by atoms with E-state index >= 15 is 0 Å². The minimum absolute atomic E-state index is 0.139. The van der Waals surface area contributed by atoms with E-state index in [-0.39, 0.29) is 30.0 Å². The van der Waals surface area contributed by atoms with Gasteiger partial charge in [-0.15, -0.1) is 0 Å². The fourth-order valence-corrected chi connectivity index (χ4v) is 5.23. The van der Waals surface area contributed by atoms with Crippen molar-refractivity contribution >= 4 is 69.7 Å². The molecule has 3 aromatic carbocycles. The topological polar surface area (TPSA) is 88.2 Å². The van der Waals surface area contributed by atoms with E-state index in [0.29, 0.717) is 45.7 Å². The van der Waals surface area contributed by atoms with Crippen molar-refractivity contribution < 1.29 is 23.9 Å². The van der Waals surface area contributed by atoms with E-state index in [1.807, 2.05) is 6.07 Å². The van der Waals surface area contributed by atoms with Crippen molar-refractivity contribution in [1.29, 1.82) is 0 Å². The molecule has 1 fully saturated rings. The molecule has 11 heteroatoms. The standard InChI is InChI=1S/C29H27Cl2N3O5S/c1-3-39-28(37)19-5-8-21(9-6-19)32-26(35)17-25-27(36)34(22-10-12-23(38-2)13-11-22)29(40)33(25)15-14-18-4-7-20(30)16-24(18)31/h4-13,16,25H,3,14-15,17H2,1-2H3,(H,32,35)/t25-/m1/s1. The molecule has 1 saturated heterocycles. The van der Waals surface area contributed by atoms with Gasteiger partial charge in [0.2, 0.25) is 5.91 Å². The molecule has 0 bridgehead atoms. The highest BCUT2D eigenvalue weighted by Gasteiger charge is 2.44. The lowest BCUT2D eigenvalue weighted by atomic mass is 10.1. The predicted molar refractivity (Wildman–Crippen MR) is 159 cm³/mol. The number of rotatable bonds is 10. The summed E-state index contributed by atoms with van der Waals surface area (Å²) in [5, 5.41) is 4.12. The van der Waals surface area contributed by atoms with E-state index in [4.69, 9.17) is 44.9 Å².